The molecule has 3 heteroatoms. The molecule has 1 aromatic rings. The average Bonchev–Trinajstić information content (AvgIpc) is 2.34. The largest absolute Gasteiger partial charge is 0.466 e. The van der Waals surface area contributed by atoms with Crippen molar-refractivity contribution in [1.82, 2.24) is 5.32 Å². The van der Waals surface area contributed by atoms with E-state index in [1.54, 1.807) is 0 Å². The number of hydrogen-bond acceptors (Lipinski definition) is 3. The summed E-state index contributed by atoms with van der Waals surface area (Å²) in [6.07, 6.45) is 3.16. The molecule has 1 rings (SSSR count). The Labute approximate surface area is 110 Å². The third-order valence-electron chi connectivity index (χ3n) is 2.88. The highest BCUT2D eigenvalue weighted by Gasteiger charge is 1.96. The summed E-state index contributed by atoms with van der Waals surface area (Å²) in [5, 5.41) is 3.43. The zero-order valence-electron chi connectivity index (χ0n) is 11.4. The summed E-state index contributed by atoms with van der Waals surface area (Å²) in [6, 6.07) is 8.43. The van der Waals surface area contributed by atoms with Crippen LogP contribution in [0, 0.1) is 6.92 Å². The minimum atomic E-state index is -0.187. The molecule has 0 saturated carbocycles. The van der Waals surface area contributed by atoms with E-state index in [1.165, 1.54) is 18.1 Å². The monoisotopic (exact) mass is 249 g/mol. The summed E-state index contributed by atoms with van der Waals surface area (Å²) >= 11 is 0. The first-order valence-electron chi connectivity index (χ1n) is 6.58. The fraction of sp³-hybridized carbons (Fsp3) is 0.533. The SMILES string of the molecule is CC(=O)OCCCCCNCc1ccccc1C. The van der Waals surface area contributed by atoms with Crippen molar-refractivity contribution in [3.63, 3.8) is 0 Å². The van der Waals surface area contributed by atoms with Crippen LogP contribution in [0.15, 0.2) is 24.3 Å². The molecule has 3 nitrogen and oxygen atoms in total. The second-order valence-corrected chi connectivity index (χ2v) is 4.50. The molecular formula is C15H23NO2. The van der Waals surface area contributed by atoms with Crippen molar-refractivity contribution in [3.8, 4) is 0 Å². The maximum absolute atomic E-state index is 10.5. The number of unbranched alkanes of at least 4 members (excludes halogenated alkanes) is 2. The predicted octanol–water partition coefficient (Wildman–Crippen LogP) is 2.82. The molecule has 0 saturated heterocycles. The minimum Gasteiger partial charge on any atom is -0.466 e. The van der Waals surface area contributed by atoms with Crippen LogP contribution in [0.4, 0.5) is 0 Å². The van der Waals surface area contributed by atoms with E-state index in [9.17, 15) is 4.79 Å². The molecule has 0 aliphatic heterocycles. The van der Waals surface area contributed by atoms with Crippen molar-refractivity contribution in [2.24, 2.45) is 0 Å². The summed E-state index contributed by atoms with van der Waals surface area (Å²) in [4.78, 5) is 10.5. The van der Waals surface area contributed by atoms with Gasteiger partial charge in [-0.3, -0.25) is 4.79 Å². The van der Waals surface area contributed by atoms with Crippen LogP contribution in [-0.4, -0.2) is 19.1 Å². The van der Waals surface area contributed by atoms with Gasteiger partial charge in [-0.15, -0.1) is 0 Å². The average molecular weight is 249 g/mol. The van der Waals surface area contributed by atoms with Crippen molar-refractivity contribution in [1.29, 1.82) is 0 Å². The van der Waals surface area contributed by atoms with E-state index < -0.39 is 0 Å². The molecule has 0 aliphatic carbocycles. The van der Waals surface area contributed by atoms with E-state index in [-0.39, 0.29) is 5.97 Å². The molecule has 1 N–H and O–H groups in total. The number of carbonyl (C=O) groups is 1. The Morgan fingerprint density at radius 2 is 2.00 bits per heavy atom. The van der Waals surface area contributed by atoms with Gasteiger partial charge >= 0.3 is 5.97 Å². The zero-order chi connectivity index (χ0) is 13.2. The van der Waals surface area contributed by atoms with Gasteiger partial charge in [0.15, 0.2) is 0 Å². The lowest BCUT2D eigenvalue weighted by Crippen LogP contribution is -2.15. The van der Waals surface area contributed by atoms with Crippen LogP contribution >= 0.6 is 0 Å². The maximum atomic E-state index is 10.5. The van der Waals surface area contributed by atoms with Gasteiger partial charge in [0.1, 0.15) is 0 Å². The lowest BCUT2D eigenvalue weighted by atomic mass is 10.1. The van der Waals surface area contributed by atoms with Gasteiger partial charge in [-0.1, -0.05) is 24.3 Å². The summed E-state index contributed by atoms with van der Waals surface area (Å²) in [5.74, 6) is -0.187. The number of esters is 1. The number of hydrogen-bond donors (Lipinski definition) is 1. The lowest BCUT2D eigenvalue weighted by molar-refractivity contribution is -0.141. The van der Waals surface area contributed by atoms with Gasteiger partial charge in [-0.05, 0) is 43.9 Å². The van der Waals surface area contributed by atoms with Crippen LogP contribution in [0.3, 0.4) is 0 Å². The number of carbonyl (C=O) groups excluding carboxylic acids is 1. The number of aryl methyl sites for hydroxylation is 1. The standard InChI is InChI=1S/C15H23NO2/c1-13-8-4-5-9-15(13)12-16-10-6-3-7-11-18-14(2)17/h4-5,8-9,16H,3,6-7,10-12H2,1-2H3. The Hall–Kier alpha value is -1.35. The van der Waals surface area contributed by atoms with Crippen LogP contribution < -0.4 is 5.32 Å². The summed E-state index contributed by atoms with van der Waals surface area (Å²) < 4.78 is 4.87. The molecule has 0 aliphatic rings. The van der Waals surface area contributed by atoms with E-state index in [2.05, 4.69) is 36.5 Å². The van der Waals surface area contributed by atoms with E-state index in [0.717, 1.165) is 32.4 Å². The molecule has 100 valence electrons. The number of benzene rings is 1. The van der Waals surface area contributed by atoms with Crippen molar-refractivity contribution in [2.45, 2.75) is 39.7 Å². The highest BCUT2D eigenvalue weighted by molar-refractivity contribution is 5.65. The van der Waals surface area contributed by atoms with Crippen LogP contribution in [0.2, 0.25) is 0 Å². The number of rotatable bonds is 8. The Kier molecular flexibility index (Phi) is 7.11. The van der Waals surface area contributed by atoms with Crippen LogP contribution in [0.5, 0.6) is 0 Å². The smallest absolute Gasteiger partial charge is 0.302 e. The van der Waals surface area contributed by atoms with E-state index in [4.69, 9.17) is 4.74 Å². The summed E-state index contributed by atoms with van der Waals surface area (Å²) in [7, 11) is 0. The molecule has 0 atom stereocenters. The quantitative estimate of drug-likeness (QED) is 0.568. The molecule has 0 amide bonds. The van der Waals surface area contributed by atoms with E-state index in [0.29, 0.717) is 6.61 Å². The third-order valence-corrected chi connectivity index (χ3v) is 2.88. The number of nitrogens with one attached hydrogen (secondary N) is 1. The maximum Gasteiger partial charge on any atom is 0.302 e. The van der Waals surface area contributed by atoms with Gasteiger partial charge in [0.2, 0.25) is 0 Å². The van der Waals surface area contributed by atoms with Crippen LogP contribution in [-0.2, 0) is 16.1 Å². The van der Waals surface area contributed by atoms with Gasteiger partial charge in [0, 0.05) is 13.5 Å². The molecule has 0 unspecified atom stereocenters. The highest BCUT2D eigenvalue weighted by atomic mass is 16.5. The van der Waals surface area contributed by atoms with Crippen molar-refractivity contribution in [2.75, 3.05) is 13.2 Å². The van der Waals surface area contributed by atoms with Gasteiger partial charge in [-0.2, -0.15) is 0 Å². The molecule has 0 fully saturated rings. The lowest BCUT2D eigenvalue weighted by Gasteiger charge is -2.07. The second kappa shape index (κ2) is 8.70. The predicted molar refractivity (Wildman–Crippen MR) is 73.4 cm³/mol. The van der Waals surface area contributed by atoms with Crippen molar-refractivity contribution >= 4 is 5.97 Å². The van der Waals surface area contributed by atoms with Gasteiger partial charge in [-0.25, -0.2) is 0 Å². The topological polar surface area (TPSA) is 38.3 Å². The van der Waals surface area contributed by atoms with Crippen molar-refractivity contribution in [3.05, 3.63) is 35.4 Å². The Bertz CT molecular complexity index is 363. The highest BCUT2D eigenvalue weighted by Crippen LogP contribution is 2.06. The first-order valence-corrected chi connectivity index (χ1v) is 6.58. The second-order valence-electron chi connectivity index (χ2n) is 4.50. The Morgan fingerprint density at radius 1 is 1.22 bits per heavy atom. The van der Waals surface area contributed by atoms with Crippen molar-refractivity contribution < 1.29 is 9.53 Å². The van der Waals surface area contributed by atoms with E-state index >= 15 is 0 Å². The molecule has 18 heavy (non-hydrogen) atoms. The van der Waals surface area contributed by atoms with Gasteiger partial charge < -0.3 is 10.1 Å². The number of ether oxygens (including phenoxy) is 1. The Morgan fingerprint density at radius 3 is 2.72 bits per heavy atom. The molecule has 1 aromatic carbocycles. The molecular weight excluding hydrogens is 226 g/mol. The summed E-state index contributed by atoms with van der Waals surface area (Å²) in [6.45, 7) is 6.07. The van der Waals surface area contributed by atoms with E-state index in [1.807, 2.05) is 0 Å². The minimum absolute atomic E-state index is 0.187. The zero-order valence-corrected chi connectivity index (χ0v) is 11.4. The normalized spacial score (nSPS) is 10.3. The summed E-state index contributed by atoms with van der Waals surface area (Å²) in [5.41, 5.74) is 2.69. The van der Waals surface area contributed by atoms with Crippen LogP contribution in [0.25, 0.3) is 0 Å². The molecule has 0 aromatic heterocycles. The first kappa shape index (κ1) is 14.7. The fourth-order valence-corrected chi connectivity index (χ4v) is 1.78. The molecule has 0 spiro atoms. The molecule has 0 bridgehead atoms. The third kappa shape index (κ3) is 6.40. The first-order chi connectivity index (χ1) is 8.70. The van der Waals surface area contributed by atoms with Crippen LogP contribution in [0.1, 0.15) is 37.3 Å². The van der Waals surface area contributed by atoms with Gasteiger partial charge in [0.25, 0.3) is 0 Å². The fourth-order valence-electron chi connectivity index (χ4n) is 1.78. The molecule has 0 heterocycles. The molecule has 0 radical (unpaired) electrons. The van der Waals surface area contributed by atoms with Gasteiger partial charge in [0.05, 0.1) is 6.61 Å². The Balaban J connectivity index is 1.99.